The van der Waals surface area contributed by atoms with Gasteiger partial charge in [0.1, 0.15) is 5.65 Å². The summed E-state index contributed by atoms with van der Waals surface area (Å²) in [7, 11) is 0. The maximum Gasteiger partial charge on any atom is 0.224 e. The quantitative estimate of drug-likeness (QED) is 0.581. The molecule has 4 aromatic rings. The van der Waals surface area contributed by atoms with Crippen molar-refractivity contribution >= 4 is 17.2 Å². The third kappa shape index (κ3) is 3.87. The Bertz CT molecular complexity index is 1070. The van der Waals surface area contributed by atoms with E-state index in [0.717, 1.165) is 33.7 Å². The molecule has 0 atom stereocenters. The molecule has 4 rings (SSSR count). The highest BCUT2D eigenvalue weighted by molar-refractivity contribution is 5.91. The van der Waals surface area contributed by atoms with Crippen LogP contribution >= 0.6 is 0 Å². The first-order valence-corrected chi connectivity index (χ1v) is 8.92. The van der Waals surface area contributed by atoms with Gasteiger partial charge < -0.3 is 9.72 Å². The van der Waals surface area contributed by atoms with Crippen molar-refractivity contribution in [3.63, 3.8) is 0 Å². The fourth-order valence-corrected chi connectivity index (χ4v) is 3.04. The van der Waals surface area contributed by atoms with Gasteiger partial charge in [-0.25, -0.2) is 4.98 Å². The molecule has 0 saturated heterocycles. The van der Waals surface area contributed by atoms with Gasteiger partial charge >= 0.3 is 0 Å². The molecule has 0 aliphatic carbocycles. The van der Waals surface area contributed by atoms with E-state index in [1.165, 1.54) is 0 Å². The minimum Gasteiger partial charge on any atom is -0.326 e. The molecule has 3 aromatic heterocycles. The maximum atomic E-state index is 12.1. The normalized spacial score (nSPS) is 10.9. The molecule has 3 heterocycles. The summed E-state index contributed by atoms with van der Waals surface area (Å²) in [6.07, 6.45) is 8.64. The predicted molar refractivity (Wildman–Crippen MR) is 107 cm³/mol. The molecule has 0 saturated carbocycles. The minimum atomic E-state index is -0.00467. The Kier molecular flexibility index (Phi) is 4.66. The highest BCUT2D eigenvalue weighted by Gasteiger charge is 2.07. The second-order valence-electron chi connectivity index (χ2n) is 6.54. The number of hydrogen-bond donors (Lipinski definition) is 1. The van der Waals surface area contributed by atoms with Crippen molar-refractivity contribution in [2.24, 2.45) is 0 Å². The molecule has 5 nitrogen and oxygen atoms in total. The van der Waals surface area contributed by atoms with Crippen LogP contribution in [0.5, 0.6) is 0 Å². The number of imidazole rings is 1. The van der Waals surface area contributed by atoms with Crippen LogP contribution in [0.3, 0.4) is 0 Å². The minimum absolute atomic E-state index is 0.00467. The van der Waals surface area contributed by atoms with Crippen molar-refractivity contribution in [2.45, 2.75) is 19.8 Å². The van der Waals surface area contributed by atoms with Gasteiger partial charge in [-0.3, -0.25) is 9.78 Å². The Labute approximate surface area is 157 Å². The number of nitrogens with one attached hydrogen (secondary N) is 1. The van der Waals surface area contributed by atoms with E-state index < -0.39 is 0 Å². The molecule has 5 heteroatoms. The smallest absolute Gasteiger partial charge is 0.224 e. The SMILES string of the molecule is Cc1cccn2cc(-c3ccc(NC(=O)CCc4cccnc4)cc3)nc12. The van der Waals surface area contributed by atoms with Crippen LogP contribution in [-0.4, -0.2) is 20.3 Å². The summed E-state index contributed by atoms with van der Waals surface area (Å²) in [5.74, 6) is -0.00467. The van der Waals surface area contributed by atoms with Crippen LogP contribution in [0.15, 0.2) is 73.3 Å². The summed E-state index contributed by atoms with van der Waals surface area (Å²) in [6, 6.07) is 15.7. The van der Waals surface area contributed by atoms with Gasteiger partial charge in [-0.1, -0.05) is 24.3 Å². The lowest BCUT2D eigenvalue weighted by Crippen LogP contribution is -2.12. The van der Waals surface area contributed by atoms with E-state index in [1.54, 1.807) is 12.4 Å². The average Bonchev–Trinajstić information content (AvgIpc) is 3.14. The predicted octanol–water partition coefficient (Wildman–Crippen LogP) is 4.28. The molecule has 0 radical (unpaired) electrons. The van der Waals surface area contributed by atoms with E-state index in [2.05, 4.69) is 23.3 Å². The number of rotatable bonds is 5. The Morgan fingerprint density at radius 2 is 1.96 bits per heavy atom. The zero-order valence-corrected chi connectivity index (χ0v) is 15.1. The first-order chi connectivity index (χ1) is 13.2. The lowest BCUT2D eigenvalue weighted by Gasteiger charge is -2.06. The Balaban J connectivity index is 1.42. The number of benzene rings is 1. The Morgan fingerprint density at radius 3 is 2.70 bits per heavy atom. The number of nitrogens with zero attached hydrogens (tertiary/aromatic N) is 3. The molecule has 27 heavy (non-hydrogen) atoms. The first kappa shape index (κ1) is 17.0. The van der Waals surface area contributed by atoms with Gasteiger partial charge in [0.05, 0.1) is 5.69 Å². The molecular weight excluding hydrogens is 336 g/mol. The van der Waals surface area contributed by atoms with E-state index in [1.807, 2.05) is 59.3 Å². The molecule has 1 aromatic carbocycles. The van der Waals surface area contributed by atoms with Gasteiger partial charge in [0.15, 0.2) is 0 Å². The van der Waals surface area contributed by atoms with Crippen LogP contribution in [0.4, 0.5) is 5.69 Å². The number of aryl methyl sites for hydroxylation is 2. The monoisotopic (exact) mass is 356 g/mol. The number of carbonyl (C=O) groups is 1. The molecule has 1 amide bonds. The fourth-order valence-electron chi connectivity index (χ4n) is 3.04. The zero-order chi connectivity index (χ0) is 18.6. The van der Waals surface area contributed by atoms with E-state index in [-0.39, 0.29) is 5.91 Å². The van der Waals surface area contributed by atoms with Crippen LogP contribution in [0, 0.1) is 6.92 Å². The van der Waals surface area contributed by atoms with Crippen LogP contribution < -0.4 is 5.32 Å². The molecule has 0 aliphatic heterocycles. The topological polar surface area (TPSA) is 59.3 Å². The van der Waals surface area contributed by atoms with Crippen LogP contribution in [0.2, 0.25) is 0 Å². The van der Waals surface area contributed by atoms with Crippen molar-refractivity contribution in [2.75, 3.05) is 5.32 Å². The van der Waals surface area contributed by atoms with Crippen molar-refractivity contribution < 1.29 is 4.79 Å². The third-order valence-electron chi connectivity index (χ3n) is 4.51. The van der Waals surface area contributed by atoms with Gasteiger partial charge in [0, 0.05) is 42.5 Å². The molecule has 134 valence electrons. The number of aromatic nitrogens is 3. The Hall–Kier alpha value is -3.47. The summed E-state index contributed by atoms with van der Waals surface area (Å²) >= 11 is 0. The van der Waals surface area contributed by atoms with Crippen molar-refractivity contribution in [1.82, 2.24) is 14.4 Å². The summed E-state index contributed by atoms with van der Waals surface area (Å²) in [5, 5.41) is 2.94. The number of amides is 1. The molecule has 1 N–H and O–H groups in total. The zero-order valence-electron chi connectivity index (χ0n) is 15.1. The number of pyridine rings is 2. The second kappa shape index (κ2) is 7.41. The number of carbonyl (C=O) groups excluding carboxylic acids is 1. The van der Waals surface area contributed by atoms with Crippen molar-refractivity contribution in [1.29, 1.82) is 0 Å². The van der Waals surface area contributed by atoms with E-state index in [0.29, 0.717) is 12.8 Å². The lowest BCUT2D eigenvalue weighted by atomic mass is 10.1. The summed E-state index contributed by atoms with van der Waals surface area (Å²) in [5.41, 5.74) is 5.88. The third-order valence-corrected chi connectivity index (χ3v) is 4.51. The molecule has 0 spiro atoms. The standard InChI is InChI=1S/C22H20N4O/c1-16-4-3-13-26-15-20(25-22(16)26)18-7-9-19(10-8-18)24-21(27)11-6-17-5-2-12-23-14-17/h2-5,7-10,12-15H,6,11H2,1H3,(H,24,27). The number of fused-ring (bicyclic) bond motifs is 1. The molecule has 0 fully saturated rings. The van der Waals surface area contributed by atoms with E-state index >= 15 is 0 Å². The van der Waals surface area contributed by atoms with Crippen molar-refractivity contribution in [3.8, 4) is 11.3 Å². The van der Waals surface area contributed by atoms with Gasteiger partial charge in [0.25, 0.3) is 0 Å². The summed E-state index contributed by atoms with van der Waals surface area (Å²) in [6.45, 7) is 2.05. The highest BCUT2D eigenvalue weighted by Crippen LogP contribution is 2.22. The van der Waals surface area contributed by atoms with Gasteiger partial charge in [-0.15, -0.1) is 0 Å². The van der Waals surface area contributed by atoms with Gasteiger partial charge in [-0.05, 0) is 48.7 Å². The maximum absolute atomic E-state index is 12.1. The highest BCUT2D eigenvalue weighted by atomic mass is 16.1. The second-order valence-corrected chi connectivity index (χ2v) is 6.54. The van der Waals surface area contributed by atoms with Gasteiger partial charge in [0.2, 0.25) is 5.91 Å². The molecule has 0 aliphatic rings. The van der Waals surface area contributed by atoms with Crippen LogP contribution in [-0.2, 0) is 11.2 Å². The van der Waals surface area contributed by atoms with Crippen molar-refractivity contribution in [3.05, 3.63) is 84.4 Å². The average molecular weight is 356 g/mol. The largest absolute Gasteiger partial charge is 0.326 e. The summed E-state index contributed by atoms with van der Waals surface area (Å²) in [4.78, 5) is 20.9. The molecular formula is C22H20N4O. The Morgan fingerprint density at radius 1 is 1.11 bits per heavy atom. The summed E-state index contributed by atoms with van der Waals surface area (Å²) < 4.78 is 2.03. The lowest BCUT2D eigenvalue weighted by molar-refractivity contribution is -0.116. The fraction of sp³-hybridized carbons (Fsp3) is 0.136. The number of hydrogen-bond acceptors (Lipinski definition) is 3. The van der Waals surface area contributed by atoms with E-state index in [9.17, 15) is 4.79 Å². The molecule has 0 bridgehead atoms. The number of anilines is 1. The van der Waals surface area contributed by atoms with E-state index in [4.69, 9.17) is 4.98 Å². The molecule has 0 unspecified atom stereocenters. The van der Waals surface area contributed by atoms with Gasteiger partial charge in [-0.2, -0.15) is 0 Å². The first-order valence-electron chi connectivity index (χ1n) is 8.92. The van der Waals surface area contributed by atoms with Crippen LogP contribution in [0.1, 0.15) is 17.5 Å². The van der Waals surface area contributed by atoms with Crippen LogP contribution in [0.25, 0.3) is 16.9 Å².